The lowest BCUT2D eigenvalue weighted by Gasteiger charge is -2.18. The first kappa shape index (κ1) is 73.6. The molecule has 0 rings (SSSR count). The van der Waals surface area contributed by atoms with Gasteiger partial charge >= 0.3 is 17.9 Å². The molecular formula is C71H124O6. The zero-order valence-corrected chi connectivity index (χ0v) is 51.0. The molecule has 0 heterocycles. The van der Waals surface area contributed by atoms with E-state index in [0.717, 1.165) is 109 Å². The van der Waals surface area contributed by atoms with Crippen molar-refractivity contribution in [2.75, 3.05) is 13.2 Å². The lowest BCUT2D eigenvalue weighted by atomic mass is 10.0. The van der Waals surface area contributed by atoms with E-state index in [1.165, 1.54) is 180 Å². The van der Waals surface area contributed by atoms with Crippen LogP contribution in [0.4, 0.5) is 0 Å². The Morgan fingerprint density at radius 2 is 0.506 bits per heavy atom. The monoisotopic (exact) mass is 1070 g/mol. The molecular weight excluding hydrogens is 949 g/mol. The highest BCUT2D eigenvalue weighted by Gasteiger charge is 2.19. The largest absolute Gasteiger partial charge is 0.462 e. The molecule has 0 bridgehead atoms. The lowest BCUT2D eigenvalue weighted by Crippen LogP contribution is -2.30. The van der Waals surface area contributed by atoms with Crippen LogP contribution < -0.4 is 0 Å². The van der Waals surface area contributed by atoms with E-state index in [0.29, 0.717) is 19.3 Å². The Morgan fingerprint density at radius 1 is 0.273 bits per heavy atom. The first-order valence-electron chi connectivity index (χ1n) is 33.1. The van der Waals surface area contributed by atoms with Gasteiger partial charge in [-0.3, -0.25) is 14.4 Å². The van der Waals surface area contributed by atoms with Crippen LogP contribution in [0.5, 0.6) is 0 Å². The number of ether oxygens (including phenoxy) is 3. The fraction of sp³-hybridized carbons (Fsp3) is 0.761. The van der Waals surface area contributed by atoms with Gasteiger partial charge in [0.05, 0.1) is 0 Å². The summed E-state index contributed by atoms with van der Waals surface area (Å²) in [4.78, 5) is 38.2. The summed E-state index contributed by atoms with van der Waals surface area (Å²) in [7, 11) is 0. The quantitative estimate of drug-likeness (QED) is 0.0261. The van der Waals surface area contributed by atoms with Crippen LogP contribution in [0.1, 0.15) is 329 Å². The number of rotatable bonds is 60. The number of allylic oxidation sites excluding steroid dienone is 14. The highest BCUT2D eigenvalue weighted by Crippen LogP contribution is 2.17. The van der Waals surface area contributed by atoms with Gasteiger partial charge in [0, 0.05) is 19.3 Å². The van der Waals surface area contributed by atoms with Crippen molar-refractivity contribution < 1.29 is 28.6 Å². The second-order valence-corrected chi connectivity index (χ2v) is 22.0. The number of carbonyl (C=O) groups excluding carboxylic acids is 3. The predicted octanol–water partition coefficient (Wildman–Crippen LogP) is 22.7. The molecule has 0 saturated carbocycles. The summed E-state index contributed by atoms with van der Waals surface area (Å²) < 4.78 is 16.9. The molecule has 0 aromatic heterocycles. The highest BCUT2D eigenvalue weighted by molar-refractivity contribution is 5.71. The molecule has 0 N–H and O–H groups in total. The van der Waals surface area contributed by atoms with Gasteiger partial charge in [0.25, 0.3) is 0 Å². The van der Waals surface area contributed by atoms with Crippen molar-refractivity contribution in [2.24, 2.45) is 0 Å². The first-order valence-corrected chi connectivity index (χ1v) is 33.1. The molecule has 6 nitrogen and oxygen atoms in total. The van der Waals surface area contributed by atoms with Crippen molar-refractivity contribution in [3.63, 3.8) is 0 Å². The summed E-state index contributed by atoms with van der Waals surface area (Å²) in [5.41, 5.74) is 0. The second-order valence-electron chi connectivity index (χ2n) is 22.0. The molecule has 77 heavy (non-hydrogen) atoms. The van der Waals surface area contributed by atoms with Crippen LogP contribution >= 0.6 is 0 Å². The van der Waals surface area contributed by atoms with Gasteiger partial charge in [-0.05, 0) is 77.0 Å². The van der Waals surface area contributed by atoms with Crippen molar-refractivity contribution in [2.45, 2.75) is 335 Å². The third-order valence-corrected chi connectivity index (χ3v) is 14.4. The minimum absolute atomic E-state index is 0.0759. The van der Waals surface area contributed by atoms with Gasteiger partial charge in [0.1, 0.15) is 13.2 Å². The van der Waals surface area contributed by atoms with E-state index in [4.69, 9.17) is 14.2 Å². The molecule has 0 spiro atoms. The van der Waals surface area contributed by atoms with Crippen LogP contribution in [0.15, 0.2) is 85.1 Å². The summed E-state index contributed by atoms with van der Waals surface area (Å²) in [6.45, 7) is 6.53. The van der Waals surface area contributed by atoms with Crippen LogP contribution in [0.3, 0.4) is 0 Å². The SMILES string of the molecule is CC/C=C\C/C=C\C/C=C\C/C=C\C/C=C\C/C=C\C/C=C\CCCCCCCCCC(=O)OCC(COC(=O)CCCCCCCCCC)OC(=O)CCCCCCCCCCCCCCCCCCCCCCCC. The molecule has 0 aliphatic rings. The van der Waals surface area contributed by atoms with Crippen molar-refractivity contribution in [1.29, 1.82) is 0 Å². The van der Waals surface area contributed by atoms with E-state index in [1.54, 1.807) is 0 Å². The molecule has 0 aromatic rings. The second kappa shape index (κ2) is 65.1. The Morgan fingerprint density at radius 3 is 0.792 bits per heavy atom. The molecule has 0 amide bonds. The molecule has 6 heteroatoms. The normalized spacial score (nSPS) is 12.6. The fourth-order valence-electron chi connectivity index (χ4n) is 9.48. The fourth-order valence-corrected chi connectivity index (χ4v) is 9.48. The number of hydrogen-bond donors (Lipinski definition) is 0. The van der Waals surface area contributed by atoms with Crippen molar-refractivity contribution >= 4 is 17.9 Å². The number of carbonyl (C=O) groups is 3. The first-order chi connectivity index (χ1) is 38.0. The summed E-state index contributed by atoms with van der Waals surface area (Å²) in [6.07, 6.45) is 86.1. The van der Waals surface area contributed by atoms with Gasteiger partial charge in [-0.15, -0.1) is 0 Å². The maximum absolute atomic E-state index is 12.9. The van der Waals surface area contributed by atoms with E-state index < -0.39 is 6.10 Å². The maximum atomic E-state index is 12.9. The summed E-state index contributed by atoms with van der Waals surface area (Å²) in [5, 5.41) is 0. The summed E-state index contributed by atoms with van der Waals surface area (Å²) >= 11 is 0. The van der Waals surface area contributed by atoms with E-state index in [2.05, 4.69) is 106 Å². The van der Waals surface area contributed by atoms with Crippen LogP contribution in [0.25, 0.3) is 0 Å². The lowest BCUT2D eigenvalue weighted by molar-refractivity contribution is -0.167. The molecule has 0 saturated heterocycles. The van der Waals surface area contributed by atoms with E-state index in [-0.39, 0.29) is 31.1 Å². The zero-order valence-electron chi connectivity index (χ0n) is 51.0. The van der Waals surface area contributed by atoms with Gasteiger partial charge in [0.2, 0.25) is 0 Å². The Balaban J connectivity index is 4.18. The van der Waals surface area contributed by atoms with Crippen LogP contribution in [0.2, 0.25) is 0 Å². The zero-order chi connectivity index (χ0) is 55.7. The predicted molar refractivity (Wildman–Crippen MR) is 334 cm³/mol. The molecule has 1 unspecified atom stereocenters. The smallest absolute Gasteiger partial charge is 0.306 e. The average Bonchev–Trinajstić information content (AvgIpc) is 3.43. The van der Waals surface area contributed by atoms with E-state index >= 15 is 0 Å². The standard InChI is InChI=1S/C71H124O6/c1-4-7-10-13-16-19-21-23-25-27-29-31-33-34-35-36-37-38-39-41-42-44-46-48-50-52-55-58-61-64-70(73)76-67-68(66-75-69(72)63-60-57-54-18-15-12-9-6-3)77-71(74)65-62-59-56-53-51-49-47-45-43-40-32-30-28-26-24-22-20-17-14-11-8-5-2/h7,10,16,19,23,25,29,31,34-35,37-38,41-42,68H,4-6,8-9,11-15,17-18,20-22,24,26-28,30,32-33,36,39-40,43-67H2,1-3H3/b10-7-,19-16-,25-23-,31-29-,35-34-,38-37-,42-41-. The van der Waals surface area contributed by atoms with E-state index in [1.807, 2.05) is 0 Å². The third kappa shape index (κ3) is 63.3. The Hall–Kier alpha value is -3.41. The minimum Gasteiger partial charge on any atom is -0.462 e. The number of hydrogen-bond acceptors (Lipinski definition) is 6. The molecule has 0 aliphatic heterocycles. The van der Waals surface area contributed by atoms with Crippen LogP contribution in [0, 0.1) is 0 Å². The molecule has 0 radical (unpaired) electrons. The average molecular weight is 1070 g/mol. The van der Waals surface area contributed by atoms with Crippen LogP contribution in [-0.4, -0.2) is 37.2 Å². The van der Waals surface area contributed by atoms with Crippen LogP contribution in [-0.2, 0) is 28.6 Å². The van der Waals surface area contributed by atoms with E-state index in [9.17, 15) is 14.4 Å². The van der Waals surface area contributed by atoms with Gasteiger partial charge in [-0.1, -0.05) is 318 Å². The van der Waals surface area contributed by atoms with Gasteiger partial charge < -0.3 is 14.2 Å². The van der Waals surface area contributed by atoms with Gasteiger partial charge in [0.15, 0.2) is 6.10 Å². The van der Waals surface area contributed by atoms with Gasteiger partial charge in [-0.2, -0.15) is 0 Å². The third-order valence-electron chi connectivity index (χ3n) is 14.4. The van der Waals surface area contributed by atoms with Crippen molar-refractivity contribution in [3.8, 4) is 0 Å². The molecule has 0 aliphatic carbocycles. The number of esters is 3. The molecule has 444 valence electrons. The molecule has 0 aromatic carbocycles. The minimum atomic E-state index is -0.778. The van der Waals surface area contributed by atoms with Crippen molar-refractivity contribution in [3.05, 3.63) is 85.1 Å². The topological polar surface area (TPSA) is 78.9 Å². The molecule has 0 fully saturated rings. The van der Waals surface area contributed by atoms with Crippen molar-refractivity contribution in [1.82, 2.24) is 0 Å². The molecule has 1 atom stereocenters. The van der Waals surface area contributed by atoms with Gasteiger partial charge in [-0.25, -0.2) is 0 Å². The Kier molecular flexibility index (Phi) is 62.2. The maximum Gasteiger partial charge on any atom is 0.306 e. The number of unbranched alkanes of at least 4 members (excludes halogenated alkanes) is 35. The summed E-state index contributed by atoms with van der Waals surface area (Å²) in [6, 6.07) is 0. The highest BCUT2D eigenvalue weighted by atomic mass is 16.6. The Bertz CT molecular complexity index is 1470. The summed E-state index contributed by atoms with van der Waals surface area (Å²) in [5.74, 6) is -0.877. The Labute approximate surface area is 477 Å².